The Labute approximate surface area is 285 Å². The Bertz CT molecular complexity index is 1280. The van der Waals surface area contributed by atoms with Gasteiger partial charge in [0.1, 0.15) is 19.5 Å². The molecule has 2 fully saturated rings. The molecule has 1 aromatic carbocycles. The molecule has 0 unspecified atom stereocenters. The molecule has 0 spiro atoms. The number of fused-ring (bicyclic) bond motifs is 14. The molecule has 0 heterocycles. The Hall–Kier alpha value is 3.34. The van der Waals surface area contributed by atoms with Gasteiger partial charge < -0.3 is 0 Å². The molecule has 5 aliphatic rings. The highest BCUT2D eigenvalue weighted by molar-refractivity contribution is 6.68. The Balaban J connectivity index is 1.86. The van der Waals surface area contributed by atoms with Gasteiger partial charge in [0.05, 0.1) is 40.2 Å². The Morgan fingerprint density at radius 2 is 0.611 bits per heavy atom. The quantitative estimate of drug-likeness (QED) is 0.139. The maximum Gasteiger partial charge on any atom is 0.167 e. The first-order chi connectivity index (χ1) is 16.3. The third-order valence-corrected chi connectivity index (χ3v) is 18.7. The van der Waals surface area contributed by atoms with Crippen LogP contribution in [0.3, 0.4) is 0 Å². The molecular weight excluding hydrogens is 807 g/mol. The largest absolute Gasteiger partial charge is 0.167 e. The third-order valence-electron chi connectivity index (χ3n) is 8.34. The highest BCUT2D eigenvalue weighted by Gasteiger charge is 2.92. The summed E-state index contributed by atoms with van der Waals surface area (Å²) in [6.07, 6.45) is 0. The van der Waals surface area contributed by atoms with Crippen molar-refractivity contribution in [2.24, 2.45) is 11.8 Å². The van der Waals surface area contributed by atoms with Gasteiger partial charge in [-0.05, 0) is 11.1 Å². The van der Waals surface area contributed by atoms with Crippen LogP contribution < -0.4 is 0 Å². The molecule has 0 aromatic heterocycles. The molecule has 6 rings (SSSR count). The van der Waals surface area contributed by atoms with Gasteiger partial charge >= 0.3 is 0 Å². The van der Waals surface area contributed by atoms with Crippen LogP contribution in [0, 0.1) is 11.8 Å². The number of rotatable bonds is 0. The van der Waals surface area contributed by atoms with E-state index in [-0.39, 0.29) is 40.2 Å². The number of allylic oxidation sites excluding steroid dienone is 4. The molecule has 1 aromatic rings. The summed E-state index contributed by atoms with van der Waals surface area (Å²) in [5.74, 6) is -3.84. The van der Waals surface area contributed by atoms with Gasteiger partial charge in [-0.25, -0.2) is 0 Å². The molecule has 0 radical (unpaired) electrons. The normalized spacial score (nSPS) is 47.0. The van der Waals surface area contributed by atoms with Crippen molar-refractivity contribution in [2.75, 3.05) is 0 Å². The Kier molecular flexibility index (Phi) is 6.60. The van der Waals surface area contributed by atoms with E-state index >= 15 is 0 Å². The van der Waals surface area contributed by atoms with Crippen molar-refractivity contribution in [2.45, 2.75) is 40.0 Å². The molecule has 0 nitrogen and oxygen atoms in total. The van der Waals surface area contributed by atoms with Crippen LogP contribution in [0.4, 0.5) is 0 Å². The summed E-state index contributed by atoms with van der Waals surface area (Å²) in [5.41, 5.74) is 0.593. The highest BCUT2D eigenvalue weighted by atomic mass is 35.5. The first-order valence-corrected chi connectivity index (χ1v) is 15.8. The van der Waals surface area contributed by atoms with Crippen LogP contribution in [0.15, 0.2) is 20.1 Å². The van der Waals surface area contributed by atoms with Crippen LogP contribution in [0.5, 0.6) is 0 Å². The smallest absolute Gasteiger partial charge is 0.109 e. The number of halogens is 16. The minimum atomic E-state index is -2.00. The topological polar surface area (TPSA) is 0 Å². The zero-order valence-electron chi connectivity index (χ0n) is 16.4. The monoisotopic (exact) mass is 804 g/mol. The van der Waals surface area contributed by atoms with E-state index in [0.29, 0.717) is 11.1 Å². The Morgan fingerprint density at radius 1 is 0.361 bits per heavy atom. The molecule has 4 bridgehead atoms. The zero-order valence-corrected chi connectivity index (χ0v) is 28.5. The molecule has 0 amide bonds. The van der Waals surface area contributed by atoms with Crippen LogP contribution in [0.25, 0.3) is 0 Å². The van der Waals surface area contributed by atoms with Gasteiger partial charge in [-0.15, -0.1) is 46.4 Å². The number of benzene rings is 1. The van der Waals surface area contributed by atoms with E-state index in [2.05, 4.69) is 0 Å². The summed E-state index contributed by atoms with van der Waals surface area (Å²) >= 11 is 110. The summed E-state index contributed by atoms with van der Waals surface area (Å²) in [4.78, 5) is -7.28. The van der Waals surface area contributed by atoms with Gasteiger partial charge in [0, 0.05) is 23.7 Å². The number of hydrogen-bond acceptors (Lipinski definition) is 0. The fraction of sp³-hybridized carbons (Fsp3) is 0.500. The lowest BCUT2D eigenvalue weighted by molar-refractivity contribution is 0.201. The zero-order chi connectivity index (χ0) is 27.1. The van der Waals surface area contributed by atoms with Crippen molar-refractivity contribution in [1.29, 1.82) is 0 Å². The lowest BCUT2D eigenvalue weighted by Gasteiger charge is -2.53. The van der Waals surface area contributed by atoms with Crippen molar-refractivity contribution in [1.82, 2.24) is 0 Å². The highest BCUT2D eigenvalue weighted by Crippen LogP contribution is 2.89. The molecule has 0 N–H and O–H groups in total. The van der Waals surface area contributed by atoms with E-state index in [1.807, 2.05) is 0 Å². The second-order valence-electron chi connectivity index (χ2n) is 9.34. The van der Waals surface area contributed by atoms with Crippen LogP contribution in [0.1, 0.15) is 23.0 Å². The predicted octanol–water partition coefficient (Wildman–Crippen LogP) is 12.4. The maximum atomic E-state index is 7.28. The lowest BCUT2D eigenvalue weighted by atomic mass is 9.57. The van der Waals surface area contributed by atoms with Gasteiger partial charge in [-0.2, -0.15) is 0 Å². The first kappa shape index (κ1) is 29.4. The van der Waals surface area contributed by atoms with E-state index in [9.17, 15) is 0 Å². The van der Waals surface area contributed by atoms with Crippen LogP contribution in [-0.4, -0.2) is 28.2 Å². The van der Waals surface area contributed by atoms with E-state index < -0.39 is 51.8 Å². The fourth-order valence-corrected chi connectivity index (χ4v) is 14.2. The average molecular weight is 811 g/mol. The maximum absolute atomic E-state index is 7.28. The van der Waals surface area contributed by atoms with Crippen molar-refractivity contribution >= 4 is 186 Å². The third kappa shape index (κ3) is 2.54. The van der Waals surface area contributed by atoms with Crippen molar-refractivity contribution < 1.29 is 0 Å². The van der Waals surface area contributed by atoms with Crippen molar-refractivity contribution in [3.63, 3.8) is 0 Å². The van der Waals surface area contributed by atoms with Crippen LogP contribution in [-0.2, 0) is 0 Å². The van der Waals surface area contributed by atoms with Gasteiger partial charge in [-0.1, -0.05) is 139 Å². The Morgan fingerprint density at radius 3 is 0.889 bits per heavy atom. The molecule has 0 saturated heterocycles. The van der Waals surface area contributed by atoms with Gasteiger partial charge in [0.25, 0.3) is 0 Å². The van der Waals surface area contributed by atoms with Gasteiger partial charge in [-0.3, -0.25) is 0 Å². The summed E-state index contributed by atoms with van der Waals surface area (Å²) in [7, 11) is 0. The number of alkyl halides is 8. The molecule has 0 aliphatic heterocycles. The molecular formula is C20H4Cl16. The minimum Gasteiger partial charge on any atom is -0.109 e. The standard InChI is InChI=1S/C20H4Cl16/c21-7-1-2(8(22)10(24)9(7)23)4-6(18(32)14(28)12(26)16(4,30)20(18,35)36)5-3(1)15(29)11(25)13(27)17(5,31)19(15,33)34/h3-6H/t3-,4-,5-,6+,15+,16-,17-,18+/m1/s1. The molecule has 5 aliphatic carbocycles. The summed E-state index contributed by atoms with van der Waals surface area (Å²) in [5, 5.41) is -0.425. The first-order valence-electron chi connectivity index (χ1n) is 9.76. The minimum absolute atomic E-state index is 0.000290. The summed E-state index contributed by atoms with van der Waals surface area (Å²) in [6.45, 7) is 0. The molecule has 36 heavy (non-hydrogen) atoms. The van der Waals surface area contributed by atoms with Crippen LogP contribution >= 0.6 is 186 Å². The van der Waals surface area contributed by atoms with Gasteiger partial charge in [0.15, 0.2) is 8.67 Å². The molecule has 16 heteroatoms. The second-order valence-corrected chi connectivity index (χ2v) is 17.4. The van der Waals surface area contributed by atoms with Crippen LogP contribution in [0.2, 0.25) is 20.1 Å². The summed E-state index contributed by atoms with van der Waals surface area (Å²) < 4.78 is -4.01. The SMILES string of the molecule is ClC1=C(Cl)[C@]2(Cl)[C@H]3[C@@H]4[C@@H](c5c(Cl)c(Cl)c(Cl)c(Cl)c5[C@H]3[C@@]1(Cl)C2(Cl)Cl)[C@@]1(Cl)C(Cl)=C(Cl)[C@]4(Cl)C1(Cl)Cl. The lowest BCUT2D eigenvalue weighted by Crippen LogP contribution is -2.53. The van der Waals surface area contributed by atoms with E-state index in [1.165, 1.54) is 0 Å². The van der Waals surface area contributed by atoms with E-state index in [4.69, 9.17) is 186 Å². The van der Waals surface area contributed by atoms with E-state index in [0.717, 1.165) is 0 Å². The molecule has 196 valence electrons. The molecule has 8 atom stereocenters. The second kappa shape index (κ2) is 8.08. The van der Waals surface area contributed by atoms with Crippen molar-refractivity contribution in [3.05, 3.63) is 51.3 Å². The average Bonchev–Trinajstić information content (AvgIpc) is 3.15. The van der Waals surface area contributed by atoms with E-state index in [1.54, 1.807) is 0 Å². The predicted molar refractivity (Wildman–Crippen MR) is 160 cm³/mol. The molecule has 2 saturated carbocycles. The van der Waals surface area contributed by atoms with Gasteiger partial charge in [0.2, 0.25) is 0 Å². The number of hydrogen-bond donors (Lipinski definition) is 0. The van der Waals surface area contributed by atoms with Crippen molar-refractivity contribution in [3.8, 4) is 0 Å². The fourth-order valence-electron chi connectivity index (χ4n) is 6.99. The summed E-state index contributed by atoms with van der Waals surface area (Å²) in [6, 6.07) is 0.